The highest BCUT2D eigenvalue weighted by atomic mass is 32.1. The topological polar surface area (TPSA) is 42.2 Å². The van der Waals surface area contributed by atoms with Gasteiger partial charge in [0, 0.05) is 17.6 Å². The van der Waals surface area contributed by atoms with E-state index in [1.165, 1.54) is 10.4 Å². The Labute approximate surface area is 105 Å². The number of anilines is 2. The van der Waals surface area contributed by atoms with Gasteiger partial charge in [-0.05, 0) is 36.4 Å². The quantitative estimate of drug-likeness (QED) is 0.840. The summed E-state index contributed by atoms with van der Waals surface area (Å²) in [5, 5.41) is 2.18. The Morgan fingerprint density at radius 2 is 2.35 bits per heavy atom. The molecule has 3 nitrogen and oxygen atoms in total. The summed E-state index contributed by atoms with van der Waals surface area (Å²) in [5.41, 5.74) is 9.31. The van der Waals surface area contributed by atoms with Crippen molar-refractivity contribution >= 4 is 22.7 Å². The normalized spacial score (nSPS) is 19.1. The molecule has 1 unspecified atom stereocenters. The molecule has 0 aromatic carbocycles. The fourth-order valence-corrected chi connectivity index (χ4v) is 3.46. The first-order valence-electron chi connectivity index (χ1n) is 5.80. The Morgan fingerprint density at radius 1 is 1.47 bits per heavy atom. The van der Waals surface area contributed by atoms with E-state index < -0.39 is 0 Å². The number of hydrogen-bond acceptors (Lipinski definition) is 4. The number of hydrogen-bond donors (Lipinski definition) is 1. The number of nitrogen functional groups attached to an aromatic ring is 1. The molecule has 1 aliphatic rings. The lowest BCUT2D eigenvalue weighted by molar-refractivity contribution is 0.633. The molecule has 1 aliphatic heterocycles. The van der Waals surface area contributed by atoms with E-state index in [2.05, 4.69) is 28.3 Å². The van der Waals surface area contributed by atoms with Gasteiger partial charge in [-0.15, -0.1) is 11.3 Å². The molecular formula is C13H15N3S. The third-order valence-corrected chi connectivity index (χ3v) is 4.41. The molecule has 0 spiro atoms. The van der Waals surface area contributed by atoms with Crippen LogP contribution >= 0.6 is 11.3 Å². The lowest BCUT2D eigenvalue weighted by atomic mass is 10.0. The smallest absolute Gasteiger partial charge is 0.0738 e. The molecule has 0 amide bonds. The van der Waals surface area contributed by atoms with Gasteiger partial charge in [0.05, 0.1) is 23.6 Å². The average Bonchev–Trinajstić information content (AvgIpc) is 2.80. The highest BCUT2D eigenvalue weighted by Gasteiger charge is 2.25. The van der Waals surface area contributed by atoms with Crippen molar-refractivity contribution in [2.75, 3.05) is 17.2 Å². The van der Waals surface area contributed by atoms with Gasteiger partial charge >= 0.3 is 0 Å². The van der Waals surface area contributed by atoms with Crippen LogP contribution in [0.4, 0.5) is 11.4 Å². The van der Waals surface area contributed by atoms with Crippen molar-refractivity contribution < 1.29 is 0 Å². The SMILES string of the molecule is CC1c2ccsc2CCN1c1ccncc1N. The van der Waals surface area contributed by atoms with Crippen LogP contribution in [0.2, 0.25) is 0 Å². The molecule has 0 saturated heterocycles. The molecule has 0 fully saturated rings. The highest BCUT2D eigenvalue weighted by Crippen LogP contribution is 2.37. The average molecular weight is 245 g/mol. The monoisotopic (exact) mass is 245 g/mol. The molecule has 3 rings (SSSR count). The highest BCUT2D eigenvalue weighted by molar-refractivity contribution is 7.10. The van der Waals surface area contributed by atoms with Crippen molar-refractivity contribution in [3.63, 3.8) is 0 Å². The second-order valence-electron chi connectivity index (χ2n) is 4.35. The van der Waals surface area contributed by atoms with Crippen LogP contribution in [-0.4, -0.2) is 11.5 Å². The van der Waals surface area contributed by atoms with Crippen LogP contribution in [0.3, 0.4) is 0 Å². The Balaban J connectivity index is 2.00. The minimum atomic E-state index is 0.398. The standard InChI is InChI=1S/C13H15N3S/c1-9-10-4-7-17-13(10)3-6-16(9)12-2-5-15-8-11(12)14/h2,4-5,7-9H,3,6,14H2,1H3. The summed E-state index contributed by atoms with van der Waals surface area (Å²) in [6.45, 7) is 3.27. The predicted molar refractivity (Wildman–Crippen MR) is 72.4 cm³/mol. The Kier molecular flexibility index (Phi) is 2.52. The van der Waals surface area contributed by atoms with Gasteiger partial charge in [-0.2, -0.15) is 0 Å². The largest absolute Gasteiger partial charge is 0.396 e. The molecule has 0 radical (unpaired) electrons. The summed E-state index contributed by atoms with van der Waals surface area (Å²) in [6.07, 6.45) is 4.64. The van der Waals surface area contributed by atoms with E-state index in [4.69, 9.17) is 5.73 Å². The summed E-state index contributed by atoms with van der Waals surface area (Å²) in [6, 6.07) is 4.63. The number of thiophene rings is 1. The van der Waals surface area contributed by atoms with E-state index in [1.807, 2.05) is 23.6 Å². The third kappa shape index (κ3) is 1.69. The van der Waals surface area contributed by atoms with Gasteiger partial charge < -0.3 is 10.6 Å². The van der Waals surface area contributed by atoms with Crippen LogP contribution in [0.5, 0.6) is 0 Å². The van der Waals surface area contributed by atoms with Crippen molar-refractivity contribution in [2.24, 2.45) is 0 Å². The van der Waals surface area contributed by atoms with E-state index in [0.717, 1.165) is 24.3 Å². The second-order valence-corrected chi connectivity index (χ2v) is 5.35. The summed E-state index contributed by atoms with van der Waals surface area (Å²) < 4.78 is 0. The molecule has 2 aromatic rings. The van der Waals surface area contributed by atoms with E-state index in [1.54, 1.807) is 6.20 Å². The Hall–Kier alpha value is -1.55. The first-order valence-corrected chi connectivity index (χ1v) is 6.67. The molecule has 1 atom stereocenters. The molecule has 2 N–H and O–H groups in total. The van der Waals surface area contributed by atoms with Crippen LogP contribution in [0.1, 0.15) is 23.4 Å². The molecule has 88 valence electrons. The number of nitrogens with zero attached hydrogens (tertiary/aromatic N) is 2. The van der Waals surface area contributed by atoms with E-state index in [9.17, 15) is 0 Å². The van der Waals surface area contributed by atoms with Crippen molar-refractivity contribution in [1.82, 2.24) is 4.98 Å². The fraction of sp³-hybridized carbons (Fsp3) is 0.308. The van der Waals surface area contributed by atoms with Crippen LogP contribution < -0.4 is 10.6 Å². The number of nitrogens with two attached hydrogens (primary N) is 1. The van der Waals surface area contributed by atoms with Crippen LogP contribution in [0.25, 0.3) is 0 Å². The van der Waals surface area contributed by atoms with Gasteiger partial charge in [0.1, 0.15) is 0 Å². The molecule has 3 heterocycles. The maximum absolute atomic E-state index is 6.01. The summed E-state index contributed by atoms with van der Waals surface area (Å²) in [7, 11) is 0. The van der Waals surface area contributed by atoms with Crippen molar-refractivity contribution in [3.05, 3.63) is 40.3 Å². The van der Waals surface area contributed by atoms with Gasteiger partial charge in [-0.1, -0.05) is 0 Å². The third-order valence-electron chi connectivity index (χ3n) is 3.41. The minimum absolute atomic E-state index is 0.398. The number of pyridine rings is 1. The van der Waals surface area contributed by atoms with Crippen LogP contribution in [-0.2, 0) is 6.42 Å². The van der Waals surface area contributed by atoms with Crippen molar-refractivity contribution in [2.45, 2.75) is 19.4 Å². The number of fused-ring (bicyclic) bond motifs is 1. The lowest BCUT2D eigenvalue weighted by Gasteiger charge is -2.36. The molecule has 4 heteroatoms. The Bertz CT molecular complexity index is 535. The van der Waals surface area contributed by atoms with E-state index >= 15 is 0 Å². The zero-order valence-corrected chi connectivity index (χ0v) is 10.6. The van der Waals surface area contributed by atoms with Gasteiger partial charge in [0.25, 0.3) is 0 Å². The van der Waals surface area contributed by atoms with Gasteiger partial charge in [-0.3, -0.25) is 4.98 Å². The second kappa shape index (κ2) is 4.04. The first kappa shape index (κ1) is 10.6. The van der Waals surface area contributed by atoms with Gasteiger partial charge in [0.2, 0.25) is 0 Å². The van der Waals surface area contributed by atoms with Gasteiger partial charge in [-0.25, -0.2) is 0 Å². The maximum atomic E-state index is 6.01. The molecule has 17 heavy (non-hydrogen) atoms. The van der Waals surface area contributed by atoms with Crippen LogP contribution in [0, 0.1) is 0 Å². The summed E-state index contributed by atoms with van der Waals surface area (Å²) in [5.74, 6) is 0. The molecule has 0 bridgehead atoms. The van der Waals surface area contributed by atoms with E-state index in [-0.39, 0.29) is 0 Å². The number of rotatable bonds is 1. The van der Waals surface area contributed by atoms with Gasteiger partial charge in [0.15, 0.2) is 0 Å². The van der Waals surface area contributed by atoms with Crippen molar-refractivity contribution in [3.8, 4) is 0 Å². The Morgan fingerprint density at radius 3 is 3.18 bits per heavy atom. The minimum Gasteiger partial charge on any atom is -0.396 e. The molecular weight excluding hydrogens is 230 g/mol. The molecule has 0 saturated carbocycles. The van der Waals surface area contributed by atoms with Crippen LogP contribution in [0.15, 0.2) is 29.9 Å². The zero-order valence-electron chi connectivity index (χ0n) is 9.76. The summed E-state index contributed by atoms with van der Waals surface area (Å²) >= 11 is 1.86. The molecule has 2 aromatic heterocycles. The predicted octanol–water partition coefficient (Wildman–Crippen LogP) is 2.85. The first-order chi connectivity index (χ1) is 8.27. The summed E-state index contributed by atoms with van der Waals surface area (Å²) in [4.78, 5) is 7.93. The fourth-order valence-electron chi connectivity index (χ4n) is 2.50. The zero-order chi connectivity index (χ0) is 11.8. The number of aromatic nitrogens is 1. The lowest BCUT2D eigenvalue weighted by Crippen LogP contribution is -2.33. The molecule has 0 aliphatic carbocycles. The maximum Gasteiger partial charge on any atom is 0.0738 e. The van der Waals surface area contributed by atoms with E-state index in [0.29, 0.717) is 6.04 Å². The van der Waals surface area contributed by atoms with Crippen molar-refractivity contribution in [1.29, 1.82) is 0 Å².